The molecule has 0 unspecified atom stereocenters. The Morgan fingerprint density at radius 1 is 1.00 bits per heavy atom. The van der Waals surface area contributed by atoms with E-state index in [0.717, 1.165) is 19.5 Å². The van der Waals surface area contributed by atoms with Crippen LogP contribution < -0.4 is 0 Å². The van der Waals surface area contributed by atoms with E-state index in [1.165, 1.54) is 16.3 Å². The molecule has 0 saturated carbocycles. The van der Waals surface area contributed by atoms with Crippen LogP contribution in [-0.2, 0) is 11.2 Å². The van der Waals surface area contributed by atoms with Crippen molar-refractivity contribution in [2.24, 2.45) is 0 Å². The first-order valence-corrected chi connectivity index (χ1v) is 7.00. The second kappa shape index (κ2) is 6.37. The largest absolute Gasteiger partial charge is 0.343 e. The second-order valence-corrected chi connectivity index (χ2v) is 4.70. The Morgan fingerprint density at radius 2 is 1.68 bits per heavy atom. The number of rotatable bonds is 5. The van der Waals surface area contributed by atoms with Crippen LogP contribution in [0.15, 0.2) is 42.5 Å². The third-order valence-corrected chi connectivity index (χ3v) is 3.60. The van der Waals surface area contributed by atoms with E-state index in [2.05, 4.69) is 36.4 Å². The highest BCUT2D eigenvalue weighted by Gasteiger charge is 2.10. The van der Waals surface area contributed by atoms with Crippen LogP contribution in [0.4, 0.5) is 0 Å². The number of carbonyl (C=O) groups excluding carboxylic acids is 1. The first-order chi connectivity index (χ1) is 9.26. The van der Waals surface area contributed by atoms with E-state index in [-0.39, 0.29) is 5.91 Å². The summed E-state index contributed by atoms with van der Waals surface area (Å²) in [6.45, 7) is 5.65. The molecule has 0 fully saturated rings. The monoisotopic (exact) mass is 255 g/mol. The lowest BCUT2D eigenvalue weighted by Gasteiger charge is -2.18. The average Bonchev–Trinajstić information content (AvgIpc) is 2.46. The molecule has 2 nitrogen and oxygen atoms in total. The predicted octanol–water partition coefficient (Wildman–Crippen LogP) is 3.64. The summed E-state index contributed by atoms with van der Waals surface area (Å²) in [5, 5.41) is 2.51. The molecule has 2 rings (SSSR count). The molecule has 0 spiro atoms. The number of hydrogen-bond acceptors (Lipinski definition) is 1. The van der Waals surface area contributed by atoms with Crippen LogP contribution in [0.5, 0.6) is 0 Å². The number of aryl methyl sites for hydroxylation is 1. The van der Waals surface area contributed by atoms with Gasteiger partial charge in [0, 0.05) is 19.5 Å². The molecule has 19 heavy (non-hydrogen) atoms. The van der Waals surface area contributed by atoms with Crippen molar-refractivity contribution in [2.75, 3.05) is 13.1 Å². The highest BCUT2D eigenvalue weighted by molar-refractivity contribution is 5.86. The van der Waals surface area contributed by atoms with Gasteiger partial charge >= 0.3 is 0 Å². The molecule has 0 aromatic heterocycles. The Kier molecular flexibility index (Phi) is 4.56. The van der Waals surface area contributed by atoms with Gasteiger partial charge in [0.1, 0.15) is 0 Å². The molecular weight excluding hydrogens is 234 g/mol. The fourth-order valence-corrected chi connectivity index (χ4v) is 2.49. The van der Waals surface area contributed by atoms with Gasteiger partial charge in [-0.3, -0.25) is 4.79 Å². The Hall–Kier alpha value is -1.83. The van der Waals surface area contributed by atoms with E-state index in [4.69, 9.17) is 0 Å². The topological polar surface area (TPSA) is 20.3 Å². The van der Waals surface area contributed by atoms with Crippen LogP contribution in [-0.4, -0.2) is 23.9 Å². The van der Waals surface area contributed by atoms with E-state index in [1.807, 2.05) is 24.8 Å². The van der Waals surface area contributed by atoms with E-state index in [9.17, 15) is 4.79 Å². The Labute approximate surface area is 115 Å². The molecule has 0 N–H and O–H groups in total. The zero-order chi connectivity index (χ0) is 13.7. The molecule has 100 valence electrons. The number of hydrogen-bond donors (Lipinski definition) is 0. The first-order valence-electron chi connectivity index (χ1n) is 7.00. The lowest BCUT2D eigenvalue weighted by Crippen LogP contribution is -2.30. The third-order valence-electron chi connectivity index (χ3n) is 3.60. The Morgan fingerprint density at radius 3 is 2.42 bits per heavy atom. The zero-order valence-electron chi connectivity index (χ0n) is 11.7. The highest BCUT2D eigenvalue weighted by atomic mass is 16.2. The third kappa shape index (κ3) is 3.14. The minimum Gasteiger partial charge on any atom is -0.343 e. The number of nitrogens with zero attached hydrogens (tertiary/aromatic N) is 1. The van der Waals surface area contributed by atoms with Gasteiger partial charge in [-0.05, 0) is 36.6 Å². The number of benzene rings is 2. The molecule has 0 aliphatic carbocycles. The molecule has 2 aromatic rings. The predicted molar refractivity (Wildman–Crippen MR) is 80.2 cm³/mol. The molecule has 2 heteroatoms. The molecule has 0 aliphatic rings. The highest BCUT2D eigenvalue weighted by Crippen LogP contribution is 2.19. The van der Waals surface area contributed by atoms with Gasteiger partial charge < -0.3 is 4.90 Å². The van der Waals surface area contributed by atoms with E-state index in [1.54, 1.807) is 0 Å². The summed E-state index contributed by atoms with van der Waals surface area (Å²) < 4.78 is 0. The van der Waals surface area contributed by atoms with E-state index in [0.29, 0.717) is 6.42 Å². The van der Waals surface area contributed by atoms with Crippen molar-refractivity contribution < 1.29 is 4.79 Å². The van der Waals surface area contributed by atoms with Crippen LogP contribution in [0, 0.1) is 0 Å². The average molecular weight is 255 g/mol. The van der Waals surface area contributed by atoms with Gasteiger partial charge in [0.15, 0.2) is 0 Å². The van der Waals surface area contributed by atoms with Crippen LogP contribution in [0.1, 0.15) is 25.8 Å². The Balaban J connectivity index is 2.12. The molecule has 0 saturated heterocycles. The smallest absolute Gasteiger partial charge is 0.222 e. The van der Waals surface area contributed by atoms with Gasteiger partial charge in [-0.25, -0.2) is 0 Å². The summed E-state index contributed by atoms with van der Waals surface area (Å²) in [7, 11) is 0. The maximum atomic E-state index is 12.0. The molecule has 0 radical (unpaired) electrons. The normalized spacial score (nSPS) is 10.6. The number of fused-ring (bicyclic) bond motifs is 1. The summed E-state index contributed by atoms with van der Waals surface area (Å²) in [6, 6.07) is 14.7. The molecule has 0 bridgehead atoms. The number of carbonyl (C=O) groups is 1. The summed E-state index contributed by atoms with van der Waals surface area (Å²) in [5.74, 6) is 0.248. The van der Waals surface area contributed by atoms with Crippen molar-refractivity contribution >= 4 is 16.7 Å². The van der Waals surface area contributed by atoms with Crippen molar-refractivity contribution in [1.29, 1.82) is 0 Å². The standard InChI is InChI=1S/C17H21NO/c1-3-18(4-2)17(19)13-12-15-10-7-9-14-8-5-6-11-16(14)15/h5-11H,3-4,12-13H2,1-2H3. The molecule has 1 amide bonds. The summed E-state index contributed by atoms with van der Waals surface area (Å²) in [4.78, 5) is 13.9. The molecule has 0 atom stereocenters. The Bertz CT molecular complexity index is 553. The van der Waals surface area contributed by atoms with Gasteiger partial charge in [-0.1, -0.05) is 42.5 Å². The lowest BCUT2D eigenvalue weighted by molar-refractivity contribution is -0.130. The van der Waals surface area contributed by atoms with Crippen molar-refractivity contribution in [1.82, 2.24) is 4.90 Å². The van der Waals surface area contributed by atoms with Crippen LogP contribution in [0.25, 0.3) is 10.8 Å². The second-order valence-electron chi connectivity index (χ2n) is 4.70. The van der Waals surface area contributed by atoms with Crippen LogP contribution >= 0.6 is 0 Å². The lowest BCUT2D eigenvalue weighted by atomic mass is 10.0. The van der Waals surface area contributed by atoms with Crippen molar-refractivity contribution in [3.8, 4) is 0 Å². The molecule has 2 aromatic carbocycles. The van der Waals surface area contributed by atoms with Gasteiger partial charge in [-0.15, -0.1) is 0 Å². The van der Waals surface area contributed by atoms with Crippen molar-refractivity contribution in [3.05, 3.63) is 48.0 Å². The maximum absolute atomic E-state index is 12.0. The van der Waals surface area contributed by atoms with Crippen molar-refractivity contribution in [2.45, 2.75) is 26.7 Å². The number of amides is 1. The maximum Gasteiger partial charge on any atom is 0.222 e. The quantitative estimate of drug-likeness (QED) is 0.798. The van der Waals surface area contributed by atoms with E-state index < -0.39 is 0 Å². The van der Waals surface area contributed by atoms with E-state index >= 15 is 0 Å². The first kappa shape index (κ1) is 13.6. The fraction of sp³-hybridized carbons (Fsp3) is 0.353. The van der Waals surface area contributed by atoms with Gasteiger partial charge in [0.2, 0.25) is 5.91 Å². The van der Waals surface area contributed by atoms with Crippen LogP contribution in [0.3, 0.4) is 0 Å². The summed E-state index contributed by atoms with van der Waals surface area (Å²) in [5.41, 5.74) is 1.26. The SMILES string of the molecule is CCN(CC)C(=O)CCc1cccc2ccccc12. The minimum absolute atomic E-state index is 0.248. The fourth-order valence-electron chi connectivity index (χ4n) is 2.49. The van der Waals surface area contributed by atoms with Gasteiger partial charge in [0.05, 0.1) is 0 Å². The summed E-state index contributed by atoms with van der Waals surface area (Å²) in [6.07, 6.45) is 1.41. The van der Waals surface area contributed by atoms with Gasteiger partial charge in [0.25, 0.3) is 0 Å². The minimum atomic E-state index is 0.248. The molecular formula is C17H21NO. The zero-order valence-corrected chi connectivity index (χ0v) is 11.7. The molecule has 0 aliphatic heterocycles. The summed E-state index contributed by atoms with van der Waals surface area (Å²) >= 11 is 0. The van der Waals surface area contributed by atoms with Gasteiger partial charge in [-0.2, -0.15) is 0 Å². The van der Waals surface area contributed by atoms with Crippen molar-refractivity contribution in [3.63, 3.8) is 0 Å². The molecule has 0 heterocycles. The van der Waals surface area contributed by atoms with Crippen LogP contribution in [0.2, 0.25) is 0 Å².